The average Bonchev–Trinajstić information content (AvgIpc) is 1.99. The van der Waals surface area contributed by atoms with Crippen LogP contribution in [0.2, 0.25) is 0 Å². The second-order valence-electron chi connectivity index (χ2n) is 6.06. The molecule has 15 heavy (non-hydrogen) atoms. The lowest BCUT2D eigenvalue weighted by Crippen LogP contribution is -2.20. The Morgan fingerprint density at radius 2 is 1.20 bits per heavy atom. The molecule has 0 radical (unpaired) electrons. The van der Waals surface area contributed by atoms with E-state index >= 15 is 0 Å². The van der Waals surface area contributed by atoms with Gasteiger partial charge < -0.3 is 0 Å². The molecule has 0 unspecified atom stereocenters. The van der Waals surface area contributed by atoms with E-state index in [0.29, 0.717) is 0 Å². The second kappa shape index (κ2) is 4.04. The van der Waals surface area contributed by atoms with Crippen molar-refractivity contribution in [3.05, 3.63) is 27.1 Å². The molecule has 84 valence electrons. The molecule has 1 aromatic heterocycles. The first-order chi connectivity index (χ1) is 6.60. The summed E-state index contributed by atoms with van der Waals surface area (Å²) >= 11 is 2.37. The fraction of sp³-hybridized carbons (Fsp3) is 0.615. The Kier molecular flexibility index (Phi) is 3.49. The summed E-state index contributed by atoms with van der Waals surface area (Å²) in [5.74, 6) is 0. The highest BCUT2D eigenvalue weighted by molar-refractivity contribution is 14.1. The molecule has 1 nitrogen and oxygen atoms in total. The van der Waals surface area contributed by atoms with Crippen LogP contribution in [0.25, 0.3) is 0 Å². The quantitative estimate of drug-likeness (QED) is 0.651. The molecular weight excluding hydrogens is 297 g/mol. The van der Waals surface area contributed by atoms with Gasteiger partial charge >= 0.3 is 0 Å². The van der Waals surface area contributed by atoms with Crippen LogP contribution in [0.5, 0.6) is 0 Å². The maximum absolute atomic E-state index is 4.77. The van der Waals surface area contributed by atoms with Gasteiger partial charge in [-0.25, -0.2) is 0 Å². The van der Waals surface area contributed by atoms with E-state index in [1.54, 1.807) is 0 Å². The van der Waals surface area contributed by atoms with Crippen molar-refractivity contribution in [3.63, 3.8) is 0 Å². The molecule has 1 heterocycles. The van der Waals surface area contributed by atoms with Crippen molar-refractivity contribution in [2.45, 2.75) is 52.4 Å². The van der Waals surface area contributed by atoms with Gasteiger partial charge in [-0.1, -0.05) is 41.5 Å². The smallest absolute Gasteiger partial charge is 0.0471 e. The Morgan fingerprint density at radius 3 is 1.47 bits per heavy atom. The van der Waals surface area contributed by atoms with Crippen LogP contribution < -0.4 is 0 Å². The Bertz CT molecular complexity index is 324. The third kappa shape index (κ3) is 3.44. The van der Waals surface area contributed by atoms with Gasteiger partial charge in [-0.15, -0.1) is 0 Å². The standard InChI is InChI=1S/C13H20IN/c1-12(2,3)10-7-9(14)8-11(15-10)13(4,5)6/h7-8H,1-6H3. The first-order valence-corrected chi connectivity index (χ1v) is 6.37. The molecule has 0 fully saturated rings. The van der Waals surface area contributed by atoms with Gasteiger partial charge in [-0.2, -0.15) is 0 Å². The van der Waals surface area contributed by atoms with Crippen LogP contribution >= 0.6 is 22.6 Å². The van der Waals surface area contributed by atoms with Gasteiger partial charge in [0, 0.05) is 25.8 Å². The molecule has 0 bridgehead atoms. The minimum Gasteiger partial charge on any atom is -0.257 e. The van der Waals surface area contributed by atoms with E-state index < -0.39 is 0 Å². The van der Waals surface area contributed by atoms with E-state index in [9.17, 15) is 0 Å². The molecule has 2 heteroatoms. The molecule has 0 aliphatic rings. The summed E-state index contributed by atoms with van der Waals surface area (Å²) in [6.07, 6.45) is 0. The van der Waals surface area contributed by atoms with Crippen LogP contribution in [0.15, 0.2) is 12.1 Å². The fourth-order valence-corrected chi connectivity index (χ4v) is 1.86. The summed E-state index contributed by atoms with van der Waals surface area (Å²) in [7, 11) is 0. The molecule has 0 aliphatic heterocycles. The zero-order valence-corrected chi connectivity index (χ0v) is 12.6. The van der Waals surface area contributed by atoms with E-state index in [1.165, 1.54) is 15.0 Å². The van der Waals surface area contributed by atoms with Gasteiger partial charge in [0.15, 0.2) is 0 Å². The maximum Gasteiger partial charge on any atom is 0.0471 e. The topological polar surface area (TPSA) is 12.9 Å². The zero-order valence-electron chi connectivity index (χ0n) is 10.5. The Balaban J connectivity index is 3.30. The molecule has 0 N–H and O–H groups in total. The van der Waals surface area contributed by atoms with E-state index in [2.05, 4.69) is 76.3 Å². The molecule has 0 aromatic carbocycles. The van der Waals surface area contributed by atoms with Crippen LogP contribution in [0.3, 0.4) is 0 Å². The number of nitrogens with zero attached hydrogens (tertiary/aromatic N) is 1. The highest BCUT2D eigenvalue weighted by Crippen LogP contribution is 2.27. The molecule has 0 amide bonds. The van der Waals surface area contributed by atoms with Crippen molar-refractivity contribution >= 4 is 22.6 Å². The van der Waals surface area contributed by atoms with Crippen LogP contribution in [0.1, 0.15) is 52.9 Å². The fourth-order valence-electron chi connectivity index (χ4n) is 1.27. The van der Waals surface area contributed by atoms with Crippen molar-refractivity contribution in [3.8, 4) is 0 Å². The number of hydrogen-bond donors (Lipinski definition) is 0. The molecule has 0 aliphatic carbocycles. The first kappa shape index (κ1) is 12.9. The minimum atomic E-state index is 0.126. The Morgan fingerprint density at radius 1 is 0.867 bits per heavy atom. The zero-order chi connectivity index (χ0) is 11.9. The lowest BCUT2D eigenvalue weighted by molar-refractivity contribution is 0.530. The maximum atomic E-state index is 4.77. The van der Waals surface area contributed by atoms with E-state index in [4.69, 9.17) is 4.98 Å². The molecule has 0 saturated carbocycles. The SMILES string of the molecule is CC(C)(C)c1cc(I)cc(C(C)(C)C)n1. The van der Waals surface area contributed by atoms with E-state index in [1.807, 2.05) is 0 Å². The van der Waals surface area contributed by atoms with Crippen LogP contribution in [-0.2, 0) is 10.8 Å². The van der Waals surface area contributed by atoms with Gasteiger partial charge in [-0.3, -0.25) is 4.98 Å². The lowest BCUT2D eigenvalue weighted by atomic mass is 9.88. The van der Waals surface area contributed by atoms with Crippen molar-refractivity contribution in [1.82, 2.24) is 4.98 Å². The second-order valence-corrected chi connectivity index (χ2v) is 7.30. The molecule has 1 rings (SSSR count). The largest absolute Gasteiger partial charge is 0.257 e. The van der Waals surface area contributed by atoms with Crippen molar-refractivity contribution in [2.24, 2.45) is 0 Å². The molecule has 0 saturated heterocycles. The van der Waals surface area contributed by atoms with Crippen LogP contribution in [0.4, 0.5) is 0 Å². The van der Waals surface area contributed by atoms with Gasteiger partial charge in [-0.05, 0) is 34.7 Å². The monoisotopic (exact) mass is 317 g/mol. The predicted molar refractivity (Wildman–Crippen MR) is 74.4 cm³/mol. The number of rotatable bonds is 0. The summed E-state index contributed by atoms with van der Waals surface area (Å²) in [6, 6.07) is 4.35. The first-order valence-electron chi connectivity index (χ1n) is 5.29. The van der Waals surface area contributed by atoms with Gasteiger partial charge in [0.2, 0.25) is 0 Å². The molecule has 0 atom stereocenters. The summed E-state index contributed by atoms with van der Waals surface area (Å²) < 4.78 is 1.28. The van der Waals surface area contributed by atoms with E-state index in [0.717, 1.165) is 0 Å². The molecular formula is C13H20IN. The normalized spacial score (nSPS) is 13.0. The highest BCUT2D eigenvalue weighted by atomic mass is 127. The Hall–Kier alpha value is -0.120. The summed E-state index contributed by atoms with van der Waals surface area (Å²) in [4.78, 5) is 4.77. The lowest BCUT2D eigenvalue weighted by Gasteiger charge is -2.23. The van der Waals surface area contributed by atoms with Crippen molar-refractivity contribution < 1.29 is 0 Å². The van der Waals surface area contributed by atoms with Crippen LogP contribution in [0, 0.1) is 3.57 Å². The van der Waals surface area contributed by atoms with Gasteiger partial charge in [0.05, 0.1) is 0 Å². The van der Waals surface area contributed by atoms with Gasteiger partial charge in [0.25, 0.3) is 0 Å². The van der Waals surface area contributed by atoms with Crippen LogP contribution in [-0.4, -0.2) is 4.98 Å². The highest BCUT2D eigenvalue weighted by Gasteiger charge is 2.21. The van der Waals surface area contributed by atoms with Crippen molar-refractivity contribution in [1.29, 1.82) is 0 Å². The number of aromatic nitrogens is 1. The third-order valence-electron chi connectivity index (χ3n) is 2.33. The summed E-state index contributed by atoms with van der Waals surface area (Å²) in [6.45, 7) is 13.2. The average molecular weight is 317 g/mol. The summed E-state index contributed by atoms with van der Waals surface area (Å²) in [5, 5.41) is 0. The minimum absolute atomic E-state index is 0.126. The number of halogens is 1. The third-order valence-corrected chi connectivity index (χ3v) is 2.95. The number of hydrogen-bond acceptors (Lipinski definition) is 1. The molecule has 1 aromatic rings. The Labute approximate surface area is 107 Å². The summed E-state index contributed by atoms with van der Waals surface area (Å²) in [5.41, 5.74) is 2.61. The van der Waals surface area contributed by atoms with E-state index in [-0.39, 0.29) is 10.8 Å². The molecule has 0 spiro atoms. The van der Waals surface area contributed by atoms with Gasteiger partial charge in [0.1, 0.15) is 0 Å². The predicted octanol–water partition coefficient (Wildman–Crippen LogP) is 4.28. The van der Waals surface area contributed by atoms with Crippen molar-refractivity contribution in [2.75, 3.05) is 0 Å². The number of pyridine rings is 1.